The molecule has 0 aromatic carbocycles. The number of carbonyl (C=O) groups excluding carboxylic acids is 1. The number of nitrogens with one attached hydrogen (secondary N) is 2. The molecule has 0 radical (unpaired) electrons. The normalized spacial score (nSPS) is 20.0. The highest BCUT2D eigenvalue weighted by Gasteiger charge is 2.31. The highest BCUT2D eigenvalue weighted by Crippen LogP contribution is 2.41. The topological polar surface area (TPSA) is 71.9 Å². The Kier molecular flexibility index (Phi) is 4.14. The molecular formula is C18H24N4O2. The van der Waals surface area contributed by atoms with Crippen molar-refractivity contribution in [2.75, 3.05) is 13.7 Å². The van der Waals surface area contributed by atoms with Crippen molar-refractivity contribution in [3.8, 4) is 0 Å². The van der Waals surface area contributed by atoms with Gasteiger partial charge in [0.05, 0.1) is 31.1 Å². The number of amides is 1. The van der Waals surface area contributed by atoms with Gasteiger partial charge in [-0.1, -0.05) is 0 Å². The van der Waals surface area contributed by atoms with E-state index in [0.29, 0.717) is 19.1 Å². The molecule has 128 valence electrons. The van der Waals surface area contributed by atoms with Gasteiger partial charge in [-0.3, -0.25) is 9.48 Å². The molecule has 2 aliphatic carbocycles. The van der Waals surface area contributed by atoms with Crippen molar-refractivity contribution in [2.45, 2.75) is 50.6 Å². The van der Waals surface area contributed by atoms with Crippen LogP contribution < -0.4 is 5.32 Å². The summed E-state index contributed by atoms with van der Waals surface area (Å²) >= 11 is 0. The quantitative estimate of drug-likeness (QED) is 0.856. The van der Waals surface area contributed by atoms with Crippen molar-refractivity contribution in [2.24, 2.45) is 0 Å². The summed E-state index contributed by atoms with van der Waals surface area (Å²) in [6, 6.07) is 2.07. The molecule has 2 aliphatic rings. The first-order valence-electron chi connectivity index (χ1n) is 8.79. The number of H-pyrrole nitrogens is 1. The molecule has 6 nitrogen and oxygen atoms in total. The van der Waals surface area contributed by atoms with Crippen LogP contribution in [0.4, 0.5) is 0 Å². The molecule has 1 fully saturated rings. The second kappa shape index (κ2) is 6.43. The fourth-order valence-corrected chi connectivity index (χ4v) is 3.70. The largest absolute Gasteiger partial charge is 0.383 e. The highest BCUT2D eigenvalue weighted by atomic mass is 16.5. The number of hydrogen-bond acceptors (Lipinski definition) is 3. The van der Waals surface area contributed by atoms with Crippen molar-refractivity contribution in [3.05, 3.63) is 41.0 Å². The minimum absolute atomic E-state index is 0.000702. The van der Waals surface area contributed by atoms with E-state index in [4.69, 9.17) is 4.74 Å². The third-order valence-corrected chi connectivity index (χ3v) is 5.07. The van der Waals surface area contributed by atoms with E-state index in [1.807, 2.05) is 23.1 Å². The van der Waals surface area contributed by atoms with Crippen LogP contribution in [0.1, 0.15) is 65.0 Å². The summed E-state index contributed by atoms with van der Waals surface area (Å²) in [5, 5.41) is 7.72. The summed E-state index contributed by atoms with van der Waals surface area (Å²) < 4.78 is 7.16. The van der Waals surface area contributed by atoms with E-state index >= 15 is 0 Å². The van der Waals surface area contributed by atoms with Crippen molar-refractivity contribution in [1.29, 1.82) is 0 Å². The Balaban J connectivity index is 1.54. The Labute approximate surface area is 141 Å². The van der Waals surface area contributed by atoms with Crippen LogP contribution in [0.2, 0.25) is 0 Å². The van der Waals surface area contributed by atoms with E-state index in [1.165, 1.54) is 18.4 Å². The van der Waals surface area contributed by atoms with Gasteiger partial charge in [-0.05, 0) is 55.2 Å². The van der Waals surface area contributed by atoms with E-state index in [2.05, 4.69) is 15.4 Å². The lowest BCUT2D eigenvalue weighted by Crippen LogP contribution is -2.33. The molecule has 1 saturated carbocycles. The summed E-state index contributed by atoms with van der Waals surface area (Å²) in [5.74, 6) is 0.561. The highest BCUT2D eigenvalue weighted by molar-refractivity contribution is 5.94. The van der Waals surface area contributed by atoms with Gasteiger partial charge in [0.15, 0.2) is 0 Å². The monoisotopic (exact) mass is 328 g/mol. The second-order valence-corrected chi connectivity index (χ2v) is 6.77. The lowest BCUT2D eigenvalue weighted by molar-refractivity contribution is 0.0924. The molecule has 1 atom stereocenters. The predicted molar refractivity (Wildman–Crippen MR) is 90.0 cm³/mol. The van der Waals surface area contributed by atoms with Gasteiger partial charge in [0.1, 0.15) is 5.69 Å². The molecule has 2 aromatic rings. The zero-order valence-electron chi connectivity index (χ0n) is 14.0. The molecule has 0 spiro atoms. The Hall–Kier alpha value is -2.08. The summed E-state index contributed by atoms with van der Waals surface area (Å²) in [6.07, 6.45) is 9.26. The zero-order valence-corrected chi connectivity index (χ0v) is 14.0. The first-order valence-corrected chi connectivity index (χ1v) is 8.79. The minimum atomic E-state index is -0.000702. The van der Waals surface area contributed by atoms with Gasteiger partial charge in [-0.15, -0.1) is 0 Å². The van der Waals surface area contributed by atoms with Gasteiger partial charge in [0.25, 0.3) is 5.91 Å². The molecule has 0 unspecified atom stereocenters. The molecule has 4 rings (SSSR count). The van der Waals surface area contributed by atoms with E-state index in [9.17, 15) is 4.79 Å². The van der Waals surface area contributed by atoms with Gasteiger partial charge in [-0.2, -0.15) is 5.10 Å². The number of aryl methyl sites for hydroxylation is 1. The van der Waals surface area contributed by atoms with E-state index < -0.39 is 0 Å². The van der Waals surface area contributed by atoms with Crippen LogP contribution in [-0.4, -0.2) is 34.4 Å². The average molecular weight is 328 g/mol. The molecule has 24 heavy (non-hydrogen) atoms. The summed E-state index contributed by atoms with van der Waals surface area (Å²) in [7, 11) is 1.69. The SMILES string of the molecule is COCCn1ncc2c1[C@@H](NC(=O)c1[nH]ccc1C1CC1)CCC2. The standard InChI is InChI=1S/C18H24N4O2/c1-24-10-9-22-17-13(11-20-22)3-2-4-15(17)21-18(23)16-14(7-8-19-16)12-5-6-12/h7-8,11-12,15,19H,2-6,9-10H2,1H3,(H,21,23)/t15-/m0/s1. The fraction of sp³-hybridized carbons (Fsp3) is 0.556. The molecule has 2 aromatic heterocycles. The third kappa shape index (κ3) is 2.86. The summed E-state index contributed by atoms with van der Waals surface area (Å²) in [6.45, 7) is 1.34. The number of aromatic amines is 1. The number of fused-ring (bicyclic) bond motifs is 1. The van der Waals surface area contributed by atoms with Gasteiger partial charge in [0, 0.05) is 13.3 Å². The fourth-order valence-electron chi connectivity index (χ4n) is 3.70. The lowest BCUT2D eigenvalue weighted by atomic mass is 9.93. The van der Waals surface area contributed by atoms with E-state index in [-0.39, 0.29) is 11.9 Å². The average Bonchev–Trinajstić information content (AvgIpc) is 3.16. The first-order chi connectivity index (χ1) is 11.8. The molecule has 6 heteroatoms. The lowest BCUT2D eigenvalue weighted by Gasteiger charge is -2.25. The van der Waals surface area contributed by atoms with Gasteiger partial charge >= 0.3 is 0 Å². The Bertz CT molecular complexity index is 729. The van der Waals surface area contributed by atoms with Gasteiger partial charge < -0.3 is 15.0 Å². The van der Waals surface area contributed by atoms with Gasteiger partial charge in [-0.25, -0.2) is 0 Å². The minimum Gasteiger partial charge on any atom is -0.383 e. The molecule has 0 aliphatic heterocycles. The van der Waals surface area contributed by atoms with Crippen LogP contribution in [-0.2, 0) is 17.7 Å². The van der Waals surface area contributed by atoms with Crippen molar-refractivity contribution in [1.82, 2.24) is 20.1 Å². The maximum absolute atomic E-state index is 12.8. The Morgan fingerprint density at radius 3 is 3.12 bits per heavy atom. The maximum atomic E-state index is 12.8. The van der Waals surface area contributed by atoms with Crippen molar-refractivity contribution in [3.63, 3.8) is 0 Å². The van der Waals surface area contributed by atoms with Gasteiger partial charge in [0.2, 0.25) is 0 Å². The van der Waals surface area contributed by atoms with E-state index in [0.717, 1.165) is 36.2 Å². The molecular weight excluding hydrogens is 304 g/mol. The zero-order chi connectivity index (χ0) is 16.5. The van der Waals surface area contributed by atoms with Crippen LogP contribution in [0.25, 0.3) is 0 Å². The molecule has 1 amide bonds. The predicted octanol–water partition coefficient (Wildman–Crippen LogP) is 2.54. The number of methoxy groups -OCH3 is 1. The number of nitrogens with zero attached hydrogens (tertiary/aromatic N) is 2. The summed E-state index contributed by atoms with van der Waals surface area (Å²) in [5.41, 5.74) is 4.28. The Morgan fingerprint density at radius 2 is 2.33 bits per heavy atom. The van der Waals surface area contributed by atoms with Crippen LogP contribution in [0.5, 0.6) is 0 Å². The molecule has 0 saturated heterocycles. The number of aromatic nitrogens is 3. The summed E-state index contributed by atoms with van der Waals surface area (Å²) in [4.78, 5) is 15.9. The van der Waals surface area contributed by atoms with E-state index in [1.54, 1.807) is 7.11 Å². The number of hydrogen-bond donors (Lipinski definition) is 2. The van der Waals surface area contributed by atoms with Crippen molar-refractivity contribution < 1.29 is 9.53 Å². The van der Waals surface area contributed by atoms with Crippen LogP contribution in [0, 0.1) is 0 Å². The smallest absolute Gasteiger partial charge is 0.268 e. The molecule has 2 N–H and O–H groups in total. The van der Waals surface area contributed by atoms with Crippen LogP contribution >= 0.6 is 0 Å². The van der Waals surface area contributed by atoms with Crippen LogP contribution in [0.15, 0.2) is 18.5 Å². The number of carbonyl (C=O) groups is 1. The Morgan fingerprint density at radius 1 is 1.46 bits per heavy atom. The number of ether oxygens (including phenoxy) is 1. The number of rotatable bonds is 6. The maximum Gasteiger partial charge on any atom is 0.268 e. The van der Waals surface area contributed by atoms with Crippen LogP contribution in [0.3, 0.4) is 0 Å². The third-order valence-electron chi connectivity index (χ3n) is 5.07. The second-order valence-electron chi connectivity index (χ2n) is 6.77. The first kappa shape index (κ1) is 15.4. The van der Waals surface area contributed by atoms with Crippen molar-refractivity contribution >= 4 is 5.91 Å². The molecule has 0 bridgehead atoms. The molecule has 2 heterocycles.